The average molecular weight is 308 g/mol. The van der Waals surface area contributed by atoms with E-state index in [1.165, 1.54) is 77.2 Å². The molecule has 1 heterocycles. The summed E-state index contributed by atoms with van der Waals surface area (Å²) >= 11 is 0. The van der Waals surface area contributed by atoms with Crippen LogP contribution in [0.5, 0.6) is 0 Å². The number of hydrogen-bond acceptors (Lipinski definition) is 0. The molecule has 0 saturated heterocycles. The maximum absolute atomic E-state index is 2.69. The maximum Gasteiger partial charge on any atom is 0.256 e. The van der Waals surface area contributed by atoms with Gasteiger partial charge in [-0.05, 0) is 25.7 Å². The first-order chi connectivity index (χ1) is 10.7. The fourth-order valence-corrected chi connectivity index (χ4v) is 3.34. The molecule has 2 heteroatoms. The van der Waals surface area contributed by atoms with E-state index in [1.54, 1.807) is 17.2 Å². The molecular weight excluding hydrogens is 268 g/mol. The van der Waals surface area contributed by atoms with Crippen molar-refractivity contribution >= 4 is 0 Å². The summed E-state index contributed by atoms with van der Waals surface area (Å²) in [5.74, 6) is 1.58. The van der Waals surface area contributed by atoms with E-state index in [0.29, 0.717) is 0 Å². The minimum atomic E-state index is 1.22. The van der Waals surface area contributed by atoms with Gasteiger partial charge in [0.1, 0.15) is 11.4 Å². The molecule has 0 aliphatic carbocycles. The molecule has 0 aromatic carbocycles. The van der Waals surface area contributed by atoms with Crippen molar-refractivity contribution in [2.75, 3.05) is 0 Å². The second kappa shape index (κ2) is 10.9. The van der Waals surface area contributed by atoms with Crippen LogP contribution >= 0.6 is 0 Å². The molecule has 0 radical (unpaired) electrons. The van der Waals surface area contributed by atoms with Crippen molar-refractivity contribution in [3.05, 3.63) is 17.2 Å². The van der Waals surface area contributed by atoms with Gasteiger partial charge in [0.05, 0.1) is 13.6 Å². The van der Waals surface area contributed by atoms with Crippen molar-refractivity contribution in [1.82, 2.24) is 4.57 Å². The zero-order valence-electron chi connectivity index (χ0n) is 15.9. The molecule has 128 valence electrons. The SMILES string of the molecule is CCCCc1c(CCCC)[n+](C)c(CCCC)n1CCCC. The van der Waals surface area contributed by atoms with Gasteiger partial charge in [0, 0.05) is 19.3 Å². The first-order valence-electron chi connectivity index (χ1n) is 9.80. The third-order valence-electron chi connectivity index (χ3n) is 4.79. The van der Waals surface area contributed by atoms with Crippen molar-refractivity contribution in [2.24, 2.45) is 7.05 Å². The Labute approximate surface area is 138 Å². The van der Waals surface area contributed by atoms with Crippen LogP contribution in [0.1, 0.15) is 96.3 Å². The maximum atomic E-state index is 2.69. The highest BCUT2D eigenvalue weighted by atomic mass is 15.2. The van der Waals surface area contributed by atoms with E-state index in [-0.39, 0.29) is 0 Å². The van der Waals surface area contributed by atoms with Gasteiger partial charge in [-0.15, -0.1) is 0 Å². The number of aromatic nitrogens is 2. The van der Waals surface area contributed by atoms with Crippen LogP contribution in [0, 0.1) is 0 Å². The number of imidazole rings is 1. The number of unbranched alkanes of at least 4 members (excludes halogenated alkanes) is 4. The Hall–Kier alpha value is -0.790. The van der Waals surface area contributed by atoms with Crippen molar-refractivity contribution in [3.8, 4) is 0 Å². The first-order valence-corrected chi connectivity index (χ1v) is 9.80. The largest absolute Gasteiger partial charge is 0.256 e. The van der Waals surface area contributed by atoms with Crippen LogP contribution in [0.2, 0.25) is 0 Å². The van der Waals surface area contributed by atoms with Gasteiger partial charge in [0.25, 0.3) is 5.82 Å². The summed E-state index contributed by atoms with van der Waals surface area (Å²) in [6.07, 6.45) is 14.2. The molecule has 1 rings (SSSR count). The lowest BCUT2D eigenvalue weighted by Gasteiger charge is -2.05. The van der Waals surface area contributed by atoms with E-state index < -0.39 is 0 Å². The lowest BCUT2D eigenvalue weighted by molar-refractivity contribution is -0.686. The highest BCUT2D eigenvalue weighted by Gasteiger charge is 2.26. The molecule has 0 amide bonds. The Kier molecular flexibility index (Phi) is 9.50. The smallest absolute Gasteiger partial charge is 0.234 e. The monoisotopic (exact) mass is 307 g/mol. The second-order valence-electron chi connectivity index (χ2n) is 6.68. The van der Waals surface area contributed by atoms with Gasteiger partial charge in [0.15, 0.2) is 0 Å². The number of rotatable bonds is 12. The molecule has 0 spiro atoms. The van der Waals surface area contributed by atoms with Gasteiger partial charge < -0.3 is 0 Å². The molecular formula is C20H39N2+. The van der Waals surface area contributed by atoms with Crippen LogP contribution in [0.4, 0.5) is 0 Å². The highest BCUT2D eigenvalue weighted by molar-refractivity contribution is 5.12. The van der Waals surface area contributed by atoms with Crippen molar-refractivity contribution in [3.63, 3.8) is 0 Å². The molecule has 0 aliphatic rings. The predicted octanol–water partition coefficient (Wildman–Crippen LogP) is 5.14. The van der Waals surface area contributed by atoms with Gasteiger partial charge in [-0.3, -0.25) is 0 Å². The number of hydrogen-bond donors (Lipinski definition) is 0. The molecule has 0 bridgehead atoms. The average Bonchev–Trinajstić information content (AvgIpc) is 2.77. The predicted molar refractivity (Wildman–Crippen MR) is 96.4 cm³/mol. The quantitative estimate of drug-likeness (QED) is 0.473. The topological polar surface area (TPSA) is 8.81 Å². The van der Waals surface area contributed by atoms with Gasteiger partial charge >= 0.3 is 0 Å². The molecule has 0 atom stereocenters. The minimum absolute atomic E-state index is 1.22. The van der Waals surface area contributed by atoms with Crippen molar-refractivity contribution < 1.29 is 4.57 Å². The standard InChI is InChI=1S/C20H39N2/c1-6-10-14-18-19(15-11-7-2)22(17-13-9-4)20(21(18)5)16-12-8-3/h6-17H2,1-5H3/q+1. The molecule has 2 nitrogen and oxygen atoms in total. The van der Waals surface area contributed by atoms with Crippen LogP contribution in [0.3, 0.4) is 0 Å². The Bertz CT molecular complexity index is 380. The summed E-state index contributed by atoms with van der Waals surface area (Å²) in [5.41, 5.74) is 3.27. The normalized spacial score (nSPS) is 11.3. The van der Waals surface area contributed by atoms with Crippen molar-refractivity contribution in [2.45, 2.75) is 105 Å². The highest BCUT2D eigenvalue weighted by Crippen LogP contribution is 2.18. The molecule has 0 fully saturated rings. The van der Waals surface area contributed by atoms with Crippen LogP contribution < -0.4 is 4.57 Å². The summed E-state index contributed by atoms with van der Waals surface area (Å²) in [7, 11) is 2.31. The number of nitrogens with zero attached hydrogens (tertiary/aromatic N) is 2. The van der Waals surface area contributed by atoms with Crippen LogP contribution in [-0.2, 0) is 32.9 Å². The minimum Gasteiger partial charge on any atom is -0.234 e. The Morgan fingerprint density at radius 3 is 1.86 bits per heavy atom. The molecule has 1 aromatic rings. The molecule has 0 saturated carbocycles. The Morgan fingerprint density at radius 2 is 1.27 bits per heavy atom. The third-order valence-corrected chi connectivity index (χ3v) is 4.79. The zero-order chi connectivity index (χ0) is 16.4. The third kappa shape index (κ3) is 5.14. The summed E-state index contributed by atoms with van der Waals surface area (Å²) < 4.78 is 5.24. The molecule has 0 unspecified atom stereocenters. The van der Waals surface area contributed by atoms with Gasteiger partial charge in [-0.2, -0.15) is 0 Å². The van der Waals surface area contributed by atoms with Gasteiger partial charge in [-0.25, -0.2) is 9.13 Å². The summed E-state index contributed by atoms with van der Waals surface area (Å²) in [6.45, 7) is 10.4. The van der Waals surface area contributed by atoms with E-state index in [9.17, 15) is 0 Å². The lowest BCUT2D eigenvalue weighted by atomic mass is 10.1. The van der Waals surface area contributed by atoms with Gasteiger partial charge in [-0.1, -0.05) is 53.4 Å². The fourth-order valence-electron chi connectivity index (χ4n) is 3.34. The summed E-state index contributed by atoms with van der Waals surface area (Å²) in [6, 6.07) is 0. The van der Waals surface area contributed by atoms with Crippen molar-refractivity contribution in [1.29, 1.82) is 0 Å². The van der Waals surface area contributed by atoms with E-state index >= 15 is 0 Å². The zero-order valence-corrected chi connectivity index (χ0v) is 15.9. The van der Waals surface area contributed by atoms with E-state index in [4.69, 9.17) is 0 Å². The second-order valence-corrected chi connectivity index (χ2v) is 6.68. The fraction of sp³-hybridized carbons (Fsp3) is 0.850. The van der Waals surface area contributed by atoms with E-state index in [0.717, 1.165) is 0 Å². The molecule has 1 aromatic heterocycles. The molecule has 22 heavy (non-hydrogen) atoms. The Morgan fingerprint density at radius 1 is 0.727 bits per heavy atom. The van der Waals surface area contributed by atoms with Crippen LogP contribution in [-0.4, -0.2) is 4.57 Å². The summed E-state index contributed by atoms with van der Waals surface area (Å²) in [4.78, 5) is 0. The Balaban J connectivity index is 3.17. The van der Waals surface area contributed by atoms with Crippen LogP contribution in [0.15, 0.2) is 0 Å². The lowest BCUT2D eigenvalue weighted by Crippen LogP contribution is -2.36. The molecule has 0 aliphatic heterocycles. The van der Waals surface area contributed by atoms with Crippen LogP contribution in [0.25, 0.3) is 0 Å². The first kappa shape index (κ1) is 19.3. The van der Waals surface area contributed by atoms with Gasteiger partial charge in [0.2, 0.25) is 0 Å². The van der Waals surface area contributed by atoms with E-state index in [1.807, 2.05) is 0 Å². The molecule has 0 N–H and O–H groups in total. The van der Waals surface area contributed by atoms with E-state index in [2.05, 4.69) is 43.9 Å². The summed E-state index contributed by atoms with van der Waals surface area (Å²) in [5, 5.41) is 0.